The molecule has 2 fully saturated rings. The molecule has 2 N–H and O–H groups in total. The van der Waals surface area contributed by atoms with Gasteiger partial charge < -0.3 is 15.1 Å². The summed E-state index contributed by atoms with van der Waals surface area (Å²) >= 11 is 0. The highest BCUT2D eigenvalue weighted by Gasteiger charge is 2.42. The maximum atomic E-state index is 12.7. The number of aromatic nitrogens is 3. The molecule has 1 saturated carbocycles. The van der Waals surface area contributed by atoms with E-state index in [1.54, 1.807) is 11.2 Å². The molecule has 0 unspecified atom stereocenters. The lowest BCUT2D eigenvalue weighted by atomic mass is 9.84. The van der Waals surface area contributed by atoms with Crippen molar-refractivity contribution in [3.05, 3.63) is 12.2 Å². The van der Waals surface area contributed by atoms with Gasteiger partial charge in [-0.2, -0.15) is 5.10 Å². The van der Waals surface area contributed by atoms with E-state index < -0.39 is 0 Å². The molecule has 144 valence electrons. The molecule has 0 aromatic carbocycles. The van der Waals surface area contributed by atoms with E-state index in [2.05, 4.69) is 30.4 Å². The molecule has 3 rings (SSSR count). The van der Waals surface area contributed by atoms with Gasteiger partial charge in [0.05, 0.1) is 5.41 Å². The Morgan fingerprint density at radius 2 is 2.08 bits per heavy atom. The number of H-pyrrole nitrogens is 1. The third kappa shape index (κ3) is 3.83. The van der Waals surface area contributed by atoms with Gasteiger partial charge in [0.1, 0.15) is 12.2 Å². The first-order chi connectivity index (χ1) is 12.6. The highest BCUT2D eigenvalue weighted by molar-refractivity contribution is 5.85. The molecule has 0 radical (unpaired) electrons. The van der Waals surface area contributed by atoms with Crippen molar-refractivity contribution in [3.63, 3.8) is 0 Å². The Morgan fingerprint density at radius 3 is 2.62 bits per heavy atom. The zero-order valence-electron chi connectivity index (χ0n) is 16.2. The number of nitrogens with one attached hydrogen (secondary N) is 2. The minimum Gasteiger partial charge on any atom is -0.355 e. The number of rotatable bonds is 4. The van der Waals surface area contributed by atoms with E-state index >= 15 is 0 Å². The number of likely N-dealkylation sites (tertiary alicyclic amines) is 1. The molecule has 26 heavy (non-hydrogen) atoms. The lowest BCUT2D eigenvalue weighted by Gasteiger charge is -2.36. The highest BCUT2D eigenvalue weighted by Crippen LogP contribution is 2.39. The van der Waals surface area contributed by atoms with Crippen LogP contribution in [0.1, 0.15) is 50.3 Å². The van der Waals surface area contributed by atoms with Gasteiger partial charge in [-0.05, 0) is 25.7 Å². The van der Waals surface area contributed by atoms with Crippen molar-refractivity contribution in [2.45, 2.75) is 44.4 Å². The average molecular weight is 361 g/mol. The number of guanidine groups is 1. The van der Waals surface area contributed by atoms with Crippen LogP contribution in [0.2, 0.25) is 0 Å². The third-order valence-electron chi connectivity index (χ3n) is 5.83. The van der Waals surface area contributed by atoms with Crippen LogP contribution in [-0.4, -0.2) is 77.6 Å². The van der Waals surface area contributed by atoms with Crippen molar-refractivity contribution in [1.82, 2.24) is 30.3 Å². The number of hydrogen-bond acceptors (Lipinski definition) is 4. The van der Waals surface area contributed by atoms with Gasteiger partial charge in [-0.1, -0.05) is 12.8 Å². The van der Waals surface area contributed by atoms with Crippen LogP contribution in [-0.2, 0) is 4.79 Å². The summed E-state index contributed by atoms with van der Waals surface area (Å²) < 4.78 is 0. The van der Waals surface area contributed by atoms with Gasteiger partial charge in [-0.3, -0.25) is 14.9 Å². The summed E-state index contributed by atoms with van der Waals surface area (Å²) in [5.41, 5.74) is -0.280. The molecular formula is C18H31N7O. The van der Waals surface area contributed by atoms with Crippen molar-refractivity contribution in [1.29, 1.82) is 0 Å². The van der Waals surface area contributed by atoms with Crippen molar-refractivity contribution in [2.75, 3.05) is 40.8 Å². The Morgan fingerprint density at radius 1 is 1.38 bits per heavy atom. The van der Waals surface area contributed by atoms with E-state index in [0.717, 1.165) is 63.4 Å². The predicted octanol–water partition coefficient (Wildman–Crippen LogP) is 1.21. The molecule has 0 atom stereocenters. The summed E-state index contributed by atoms with van der Waals surface area (Å²) in [4.78, 5) is 25.5. The van der Waals surface area contributed by atoms with E-state index in [1.807, 2.05) is 21.1 Å². The quantitative estimate of drug-likeness (QED) is 0.621. The highest BCUT2D eigenvalue weighted by atomic mass is 16.2. The molecule has 1 amide bonds. The second-order valence-electron chi connectivity index (χ2n) is 7.72. The van der Waals surface area contributed by atoms with Crippen LogP contribution < -0.4 is 5.32 Å². The lowest BCUT2D eigenvalue weighted by molar-refractivity contribution is -0.138. The number of hydrogen-bond donors (Lipinski definition) is 2. The molecule has 1 saturated heterocycles. The second-order valence-corrected chi connectivity index (χ2v) is 7.72. The molecule has 0 spiro atoms. The molecule has 1 aromatic heterocycles. The van der Waals surface area contributed by atoms with E-state index in [9.17, 15) is 4.79 Å². The molecule has 8 heteroatoms. The standard InChI is InChI=1S/C18H31N7O/c1-19-17(20-12-18(8-4-5-9-18)16(26)24(2)3)25-10-6-14(7-11-25)15-21-13-22-23-15/h13-14H,4-12H2,1-3H3,(H,19,20)(H,21,22,23). The molecule has 2 heterocycles. The van der Waals surface area contributed by atoms with Crippen LogP contribution in [0.4, 0.5) is 0 Å². The Balaban J connectivity index is 1.57. The number of aliphatic imine (C=N–C) groups is 1. The van der Waals surface area contributed by atoms with Crippen molar-refractivity contribution in [2.24, 2.45) is 10.4 Å². The summed E-state index contributed by atoms with van der Waals surface area (Å²) in [5, 5.41) is 10.4. The van der Waals surface area contributed by atoms with Gasteiger partial charge in [0.25, 0.3) is 0 Å². The smallest absolute Gasteiger partial charge is 0.230 e. The van der Waals surface area contributed by atoms with Gasteiger partial charge in [0, 0.05) is 46.7 Å². The molecule has 0 bridgehead atoms. The van der Waals surface area contributed by atoms with Gasteiger partial charge in [0.15, 0.2) is 5.96 Å². The molecule has 1 aliphatic heterocycles. The fraction of sp³-hybridized carbons (Fsp3) is 0.778. The normalized spacial score (nSPS) is 21.0. The third-order valence-corrected chi connectivity index (χ3v) is 5.83. The van der Waals surface area contributed by atoms with Gasteiger partial charge in [-0.15, -0.1) is 0 Å². The van der Waals surface area contributed by atoms with Crippen LogP contribution >= 0.6 is 0 Å². The summed E-state index contributed by atoms with van der Waals surface area (Å²) in [6, 6.07) is 0. The summed E-state index contributed by atoms with van der Waals surface area (Å²) in [6.45, 7) is 2.53. The van der Waals surface area contributed by atoms with E-state index in [0.29, 0.717) is 12.5 Å². The molecule has 8 nitrogen and oxygen atoms in total. The molecule has 1 aromatic rings. The van der Waals surface area contributed by atoms with Crippen LogP contribution in [0.15, 0.2) is 11.3 Å². The summed E-state index contributed by atoms with van der Waals surface area (Å²) in [6.07, 6.45) is 7.80. The zero-order chi connectivity index (χ0) is 18.6. The zero-order valence-corrected chi connectivity index (χ0v) is 16.2. The Kier molecular flexibility index (Phi) is 5.78. The van der Waals surface area contributed by atoms with Gasteiger partial charge >= 0.3 is 0 Å². The first-order valence-corrected chi connectivity index (χ1v) is 9.58. The Bertz CT molecular complexity index is 611. The number of carbonyl (C=O) groups excluding carboxylic acids is 1. The van der Waals surface area contributed by atoms with E-state index in [4.69, 9.17) is 0 Å². The van der Waals surface area contributed by atoms with Gasteiger partial charge in [0.2, 0.25) is 5.91 Å². The fourth-order valence-corrected chi connectivity index (χ4v) is 4.35. The first kappa shape index (κ1) is 18.7. The van der Waals surface area contributed by atoms with Gasteiger partial charge in [-0.25, -0.2) is 4.98 Å². The fourth-order valence-electron chi connectivity index (χ4n) is 4.35. The number of piperidine rings is 1. The minimum absolute atomic E-state index is 0.238. The monoisotopic (exact) mass is 361 g/mol. The number of carbonyl (C=O) groups is 1. The SMILES string of the molecule is CN=C(NCC1(C(=O)N(C)C)CCCC1)N1CCC(c2ncn[nH]2)CC1. The van der Waals surface area contributed by atoms with Crippen LogP contribution in [0, 0.1) is 5.41 Å². The molecule has 1 aliphatic carbocycles. The number of aromatic amines is 1. The topological polar surface area (TPSA) is 89.5 Å². The molecule has 2 aliphatic rings. The number of nitrogens with zero attached hydrogens (tertiary/aromatic N) is 5. The minimum atomic E-state index is -0.280. The van der Waals surface area contributed by atoms with Crippen LogP contribution in [0.25, 0.3) is 0 Å². The van der Waals surface area contributed by atoms with Crippen molar-refractivity contribution < 1.29 is 4.79 Å². The maximum absolute atomic E-state index is 12.7. The predicted molar refractivity (Wildman–Crippen MR) is 101 cm³/mol. The summed E-state index contributed by atoms with van der Waals surface area (Å²) in [7, 11) is 5.52. The Labute approximate surface area is 155 Å². The maximum Gasteiger partial charge on any atom is 0.230 e. The largest absolute Gasteiger partial charge is 0.355 e. The lowest BCUT2D eigenvalue weighted by Crippen LogP contribution is -2.51. The van der Waals surface area contributed by atoms with Crippen molar-refractivity contribution in [3.8, 4) is 0 Å². The van der Waals surface area contributed by atoms with E-state index in [-0.39, 0.29) is 11.3 Å². The van der Waals surface area contributed by atoms with Crippen molar-refractivity contribution >= 4 is 11.9 Å². The summed E-state index contributed by atoms with van der Waals surface area (Å²) in [5.74, 6) is 2.55. The Hall–Kier alpha value is -2.12. The van der Waals surface area contributed by atoms with Crippen LogP contribution in [0.5, 0.6) is 0 Å². The second kappa shape index (κ2) is 8.05. The molecular weight excluding hydrogens is 330 g/mol. The van der Waals surface area contributed by atoms with Crippen LogP contribution in [0.3, 0.4) is 0 Å². The first-order valence-electron chi connectivity index (χ1n) is 9.58. The average Bonchev–Trinajstić information content (AvgIpc) is 3.35. The number of amides is 1. The van der Waals surface area contributed by atoms with E-state index in [1.165, 1.54) is 0 Å².